The summed E-state index contributed by atoms with van der Waals surface area (Å²) in [4.78, 5) is 45.5. The van der Waals surface area contributed by atoms with Crippen LogP contribution in [-0.2, 0) is 40.5 Å². The predicted molar refractivity (Wildman–Crippen MR) is 267 cm³/mol. The van der Waals surface area contributed by atoms with Crippen LogP contribution in [0, 0.1) is 24.7 Å². The number of aromatic carboxylic acids is 2. The van der Waals surface area contributed by atoms with Crippen LogP contribution in [0.3, 0.4) is 0 Å². The molecule has 14 N–H and O–H groups in total. The molecule has 8 rings (SSSR count). The maximum Gasteiger partial charge on any atom is 0.336 e. The lowest BCUT2D eigenvalue weighted by molar-refractivity contribution is -0.177. The summed E-state index contributed by atoms with van der Waals surface area (Å²) in [5, 5.41) is 35.0. The van der Waals surface area contributed by atoms with E-state index in [4.69, 9.17) is 44.0 Å². The minimum absolute atomic E-state index is 0.0649. The fourth-order valence-electron chi connectivity index (χ4n) is 8.25. The van der Waals surface area contributed by atoms with Gasteiger partial charge in [0.25, 0.3) is 11.8 Å². The fraction of sp³-hybridized carbons (Fsp3) is 0.0417. The number of nitrogens with one attached hydrogen (secondary N) is 2. The van der Waals surface area contributed by atoms with Gasteiger partial charge in [-0.05, 0) is 77.9 Å². The van der Waals surface area contributed by atoms with E-state index in [9.17, 15) is 81.3 Å². The maximum absolute atomic E-state index is 12.6. The van der Waals surface area contributed by atoms with Crippen molar-refractivity contribution < 1.29 is 101 Å². The number of nitrogens with two attached hydrogens (primary N) is 4. The van der Waals surface area contributed by atoms with E-state index in [1.54, 1.807) is 0 Å². The van der Waals surface area contributed by atoms with Crippen LogP contribution < -0.4 is 43.6 Å². The van der Waals surface area contributed by atoms with Crippen molar-refractivity contribution in [2.45, 2.75) is 19.6 Å². The molecule has 0 bridgehead atoms. The number of fused-ring (bicyclic) bond motifs is 4. The van der Waals surface area contributed by atoms with Gasteiger partial charge >= 0.3 is 32.2 Å². The molecule has 4 aromatic rings. The molecule has 0 unspecified atom stereocenters. The average Bonchev–Trinajstić information content (AvgIpc) is 3.33. The van der Waals surface area contributed by atoms with Crippen molar-refractivity contribution in [2.24, 2.45) is 0 Å². The second-order valence-electron chi connectivity index (χ2n) is 16.2. The van der Waals surface area contributed by atoms with Crippen LogP contribution in [0.25, 0.3) is 66.8 Å². The summed E-state index contributed by atoms with van der Waals surface area (Å²) >= 11 is 0. The van der Waals surface area contributed by atoms with Crippen molar-refractivity contribution in [3.8, 4) is 69.6 Å². The lowest BCUT2D eigenvalue weighted by Crippen LogP contribution is -2.47. The molecule has 0 atom stereocenters. The van der Waals surface area contributed by atoms with E-state index in [0.717, 1.165) is 42.5 Å². The van der Waals surface area contributed by atoms with Crippen LogP contribution in [-0.4, -0.2) is 98.9 Å². The van der Waals surface area contributed by atoms with Crippen molar-refractivity contribution in [1.82, 2.24) is 10.6 Å². The number of anilines is 2. The van der Waals surface area contributed by atoms with Crippen LogP contribution >= 0.6 is 0 Å². The highest BCUT2D eigenvalue weighted by molar-refractivity contribution is 7.86. The Kier molecular flexibility index (Phi) is 14.8. The zero-order chi connectivity index (χ0) is 57.7. The third-order valence-electron chi connectivity index (χ3n) is 11.3. The number of hydrogen-bond acceptors (Lipinski definition) is 18. The van der Waals surface area contributed by atoms with Crippen molar-refractivity contribution in [3.63, 3.8) is 0 Å². The van der Waals surface area contributed by atoms with E-state index < -0.39 is 140 Å². The molecule has 2 aliphatic heterocycles. The van der Waals surface area contributed by atoms with Crippen molar-refractivity contribution in [1.29, 1.82) is 0 Å². The van der Waals surface area contributed by atoms with Gasteiger partial charge in [0.1, 0.15) is 30.0 Å². The number of nitrogen functional groups attached to an aromatic ring is 2. The van der Waals surface area contributed by atoms with Crippen LogP contribution in [0.1, 0.15) is 41.4 Å². The van der Waals surface area contributed by atoms with Gasteiger partial charge in [0.05, 0.1) is 35.6 Å². The molecule has 78 heavy (non-hydrogen) atoms. The lowest BCUT2D eigenvalue weighted by atomic mass is 9.89. The van der Waals surface area contributed by atoms with E-state index in [1.165, 1.54) is 42.5 Å². The third-order valence-corrected chi connectivity index (χ3v) is 15.1. The molecular weight excluding hydrogens is 1110 g/mol. The summed E-state index contributed by atoms with van der Waals surface area (Å²) in [6.07, 6.45) is 10.3. The van der Waals surface area contributed by atoms with Gasteiger partial charge in [0.2, 0.25) is 20.5 Å². The zero-order valence-electron chi connectivity index (χ0n) is 38.9. The van der Waals surface area contributed by atoms with Crippen LogP contribution in [0.4, 0.5) is 11.4 Å². The molecule has 0 aromatic heterocycles. The molecule has 30 heteroatoms. The van der Waals surface area contributed by atoms with Crippen molar-refractivity contribution >= 4 is 97.5 Å². The summed E-state index contributed by atoms with van der Waals surface area (Å²) in [6.45, 7) is -0.280. The van der Waals surface area contributed by atoms with E-state index >= 15 is 0 Å². The standard InChI is InChI=1S/2C24H17N3O10S2/c1-2-9-27-23(28)11-3-4-12(24(29)30)15(10-11)18-13-5-7-16(25)21(38(31,32)33)19(13)37-20-14(18)6-8-17(26)22(20)39(34,35)36;1-2-9-27-23(28)11-3-4-12(15(10-11)24(29)30)18-13-5-7-16(25)21(38(31,32)33)19(13)37-20-14(18)6-8-17(26)22(20)39(34,35)36/h2*1,3-8,10,25H,9,26H2,(H,27,28)(H,29,30)(H,31,32,33)(H,34,35,36). The SMILES string of the molecule is C#CCNC(=O)c1ccc(-c2c3ccc(=[NH2+])c(S(=O)(=O)O)c-3oc3c(S(=O)(=O)[O-])c(N)ccc23)c(C(=O)O)c1.C#CCNC(=O)c1ccc(C(=O)O)c(-c2c3ccc(=[NH2+])c(S(=O)(=O)O)c-3oc3c(S(=O)(=O)[O-])c(N)ccc23)c1. The van der Waals surface area contributed by atoms with Gasteiger partial charge in [-0.2, -0.15) is 16.8 Å². The first kappa shape index (κ1) is 56.2. The molecule has 4 aromatic carbocycles. The molecule has 2 heterocycles. The second-order valence-corrected chi connectivity index (χ2v) is 21.5. The topological polar surface area (TPSA) is 485 Å². The van der Waals surface area contributed by atoms with E-state index in [2.05, 4.69) is 22.5 Å². The van der Waals surface area contributed by atoms with E-state index in [-0.39, 0.29) is 68.4 Å². The van der Waals surface area contributed by atoms with E-state index in [0.29, 0.717) is 0 Å². The smallest absolute Gasteiger partial charge is 0.336 e. The largest absolute Gasteiger partial charge is 0.744 e. The highest BCUT2D eigenvalue weighted by atomic mass is 32.2. The van der Waals surface area contributed by atoms with Gasteiger partial charge in [-0.3, -0.25) is 29.5 Å². The Bertz CT molecular complexity index is 4600. The number of carboxylic acids is 2. The normalized spacial score (nSPS) is 11.8. The van der Waals surface area contributed by atoms with Gasteiger partial charge in [-0.25, -0.2) is 26.4 Å². The molecule has 2 amide bonds. The first-order chi connectivity index (χ1) is 36.3. The molecule has 0 radical (unpaired) electrons. The number of carbonyl (C=O) groups excluding carboxylic acids is 2. The number of carboxylic acid groups (broad SMARTS) is 2. The van der Waals surface area contributed by atoms with Crippen molar-refractivity contribution in [3.05, 3.63) is 118 Å². The minimum atomic E-state index is -5.36. The number of amides is 2. The molecule has 0 spiro atoms. The molecule has 26 nitrogen and oxygen atoms in total. The monoisotopic (exact) mass is 1140 g/mol. The van der Waals surface area contributed by atoms with Crippen molar-refractivity contribution in [2.75, 3.05) is 24.6 Å². The van der Waals surface area contributed by atoms with E-state index in [1.807, 2.05) is 0 Å². The minimum Gasteiger partial charge on any atom is -0.744 e. The fourth-order valence-corrected chi connectivity index (χ4v) is 11.2. The summed E-state index contributed by atoms with van der Waals surface area (Å²) in [5.41, 5.74) is 7.04. The Hall–Kier alpha value is -9.50. The third kappa shape index (κ3) is 10.5. The molecule has 0 saturated carbocycles. The first-order valence-corrected chi connectivity index (χ1v) is 26.9. The number of carbonyl (C=O) groups is 4. The van der Waals surface area contributed by atoms with Gasteiger partial charge in [0.15, 0.2) is 22.7 Å². The number of terminal acetylenes is 2. The predicted octanol–water partition coefficient (Wildman–Crippen LogP) is -0.683. The summed E-state index contributed by atoms with van der Waals surface area (Å²) in [5.74, 6) is -1.32. The molecule has 400 valence electrons. The Morgan fingerprint density at radius 1 is 0.538 bits per heavy atom. The van der Waals surface area contributed by atoms with Crippen LogP contribution in [0.5, 0.6) is 0 Å². The lowest BCUT2D eigenvalue weighted by Gasteiger charge is -2.21. The van der Waals surface area contributed by atoms with Crippen LogP contribution in [0.2, 0.25) is 0 Å². The number of benzene rings is 6. The molecule has 4 aliphatic rings. The Balaban J connectivity index is 0.000000226. The highest BCUT2D eigenvalue weighted by Gasteiger charge is 2.34. The van der Waals surface area contributed by atoms with Gasteiger partial charge in [0, 0.05) is 56.3 Å². The Labute approximate surface area is 438 Å². The van der Waals surface area contributed by atoms with Gasteiger partial charge in [-0.15, -0.1) is 12.8 Å². The average molecular weight is 1140 g/mol. The van der Waals surface area contributed by atoms with Gasteiger partial charge < -0.3 is 50.3 Å². The van der Waals surface area contributed by atoms with Gasteiger partial charge in [-0.1, -0.05) is 17.9 Å². The molecular formula is C48H34N6O20S4. The highest BCUT2D eigenvalue weighted by Crippen LogP contribution is 2.47. The Morgan fingerprint density at radius 3 is 1.31 bits per heavy atom. The summed E-state index contributed by atoms with van der Waals surface area (Å²) in [6, 6.07) is 16.2. The second kappa shape index (κ2) is 20.6. The summed E-state index contributed by atoms with van der Waals surface area (Å²) in [7, 11) is -20.9. The quantitative estimate of drug-likeness (QED) is 0.0313. The van der Waals surface area contributed by atoms with Crippen LogP contribution in [0.15, 0.2) is 113 Å². The molecule has 0 saturated heterocycles. The first-order valence-electron chi connectivity index (χ1n) is 21.2. The maximum atomic E-state index is 12.6. The zero-order valence-corrected chi connectivity index (χ0v) is 42.2. The Morgan fingerprint density at radius 2 is 0.923 bits per heavy atom. The number of hydrogen-bond donors (Lipinski definition) is 10. The molecule has 0 fully saturated rings. The number of rotatable bonds is 12. The summed E-state index contributed by atoms with van der Waals surface area (Å²) < 4.78 is 153. The molecule has 2 aliphatic carbocycles.